The maximum absolute atomic E-state index is 11.0. The summed E-state index contributed by atoms with van der Waals surface area (Å²) in [6.45, 7) is 7.82. The molecular formula is C14H21NO2. The summed E-state index contributed by atoms with van der Waals surface area (Å²) in [5, 5.41) is 12.0. The molecule has 1 unspecified atom stereocenters. The van der Waals surface area contributed by atoms with Crippen molar-refractivity contribution in [2.75, 3.05) is 6.61 Å². The van der Waals surface area contributed by atoms with Crippen LogP contribution in [0.1, 0.15) is 44.9 Å². The molecule has 0 radical (unpaired) electrons. The lowest BCUT2D eigenvalue weighted by molar-refractivity contribution is -0.120. The Morgan fingerprint density at radius 2 is 1.82 bits per heavy atom. The normalized spacial score (nSPS) is 13.2. The van der Waals surface area contributed by atoms with E-state index in [2.05, 4.69) is 26.1 Å². The summed E-state index contributed by atoms with van der Waals surface area (Å²) in [5.41, 5.74) is 2.28. The first-order valence-electron chi connectivity index (χ1n) is 5.83. The van der Waals surface area contributed by atoms with Crippen molar-refractivity contribution in [3.63, 3.8) is 0 Å². The van der Waals surface area contributed by atoms with Crippen molar-refractivity contribution < 1.29 is 9.90 Å². The van der Waals surface area contributed by atoms with Gasteiger partial charge >= 0.3 is 0 Å². The lowest BCUT2D eigenvalue weighted by atomic mass is 9.86. The van der Waals surface area contributed by atoms with Crippen LogP contribution in [0.3, 0.4) is 0 Å². The zero-order chi connectivity index (χ0) is 13.1. The molecule has 0 saturated heterocycles. The number of benzene rings is 1. The predicted octanol–water partition coefficient (Wildman–Crippen LogP) is 2.15. The molecule has 1 aromatic rings. The van der Waals surface area contributed by atoms with Gasteiger partial charge < -0.3 is 10.4 Å². The van der Waals surface area contributed by atoms with E-state index in [4.69, 9.17) is 0 Å². The molecule has 0 heterocycles. The Bertz CT molecular complexity index is 376. The van der Waals surface area contributed by atoms with Crippen LogP contribution in [0.2, 0.25) is 0 Å². The summed E-state index contributed by atoms with van der Waals surface area (Å²) < 4.78 is 0. The van der Waals surface area contributed by atoms with Gasteiger partial charge in [-0.15, -0.1) is 0 Å². The second-order valence-electron chi connectivity index (χ2n) is 5.31. The van der Waals surface area contributed by atoms with Crippen LogP contribution < -0.4 is 5.32 Å². The minimum Gasteiger partial charge on any atom is -0.394 e. The first kappa shape index (κ1) is 13.7. The van der Waals surface area contributed by atoms with Gasteiger partial charge in [-0.25, -0.2) is 0 Å². The van der Waals surface area contributed by atoms with Crippen LogP contribution in [0.4, 0.5) is 0 Å². The number of carbonyl (C=O) groups excluding carboxylic acids is 1. The lowest BCUT2D eigenvalue weighted by Gasteiger charge is -2.21. The van der Waals surface area contributed by atoms with Crippen molar-refractivity contribution in [3.05, 3.63) is 35.4 Å². The SMILES string of the molecule is CC(=O)NC(CO)c1ccc(C(C)(C)C)cc1. The predicted molar refractivity (Wildman–Crippen MR) is 68.8 cm³/mol. The van der Waals surface area contributed by atoms with E-state index in [1.807, 2.05) is 24.3 Å². The molecule has 1 rings (SSSR count). The van der Waals surface area contributed by atoms with Gasteiger partial charge in [0.1, 0.15) is 0 Å². The third-order valence-electron chi connectivity index (χ3n) is 2.74. The fourth-order valence-electron chi connectivity index (χ4n) is 1.70. The van der Waals surface area contributed by atoms with Crippen molar-refractivity contribution in [1.82, 2.24) is 5.32 Å². The molecule has 3 heteroatoms. The van der Waals surface area contributed by atoms with Gasteiger partial charge in [0.05, 0.1) is 12.6 Å². The maximum atomic E-state index is 11.0. The van der Waals surface area contributed by atoms with E-state index in [0.29, 0.717) is 0 Å². The number of hydrogen-bond donors (Lipinski definition) is 2. The summed E-state index contributed by atoms with van der Waals surface area (Å²) in [4.78, 5) is 11.0. The number of nitrogens with one attached hydrogen (secondary N) is 1. The smallest absolute Gasteiger partial charge is 0.217 e. The van der Waals surface area contributed by atoms with Gasteiger partial charge in [-0.2, -0.15) is 0 Å². The van der Waals surface area contributed by atoms with Crippen LogP contribution >= 0.6 is 0 Å². The molecule has 0 fully saturated rings. The molecule has 0 aromatic heterocycles. The average Bonchev–Trinajstić information content (AvgIpc) is 2.24. The van der Waals surface area contributed by atoms with Crippen molar-refractivity contribution in [2.24, 2.45) is 0 Å². The van der Waals surface area contributed by atoms with Gasteiger partial charge in [0.25, 0.3) is 0 Å². The second-order valence-corrected chi connectivity index (χ2v) is 5.31. The van der Waals surface area contributed by atoms with Crippen LogP contribution in [-0.2, 0) is 10.2 Å². The fourth-order valence-corrected chi connectivity index (χ4v) is 1.70. The summed E-state index contributed by atoms with van der Waals surface area (Å²) in [6, 6.07) is 7.68. The topological polar surface area (TPSA) is 49.3 Å². The first-order valence-corrected chi connectivity index (χ1v) is 5.83. The third-order valence-corrected chi connectivity index (χ3v) is 2.74. The zero-order valence-electron chi connectivity index (χ0n) is 10.9. The van der Waals surface area contributed by atoms with Crippen LogP contribution in [0.15, 0.2) is 24.3 Å². The van der Waals surface area contributed by atoms with Gasteiger partial charge in [-0.3, -0.25) is 4.79 Å². The lowest BCUT2D eigenvalue weighted by Crippen LogP contribution is -2.28. The average molecular weight is 235 g/mol. The Labute approximate surface area is 103 Å². The van der Waals surface area contributed by atoms with Gasteiger partial charge in [0.2, 0.25) is 5.91 Å². The van der Waals surface area contributed by atoms with Crippen LogP contribution in [0.25, 0.3) is 0 Å². The summed E-state index contributed by atoms with van der Waals surface area (Å²) in [6.07, 6.45) is 0. The summed E-state index contributed by atoms with van der Waals surface area (Å²) in [5.74, 6) is -0.135. The van der Waals surface area contributed by atoms with Gasteiger partial charge in [0, 0.05) is 6.92 Å². The Balaban J connectivity index is 2.89. The quantitative estimate of drug-likeness (QED) is 0.843. The molecule has 1 aromatic carbocycles. The molecule has 2 N–H and O–H groups in total. The highest BCUT2D eigenvalue weighted by Crippen LogP contribution is 2.23. The Morgan fingerprint density at radius 1 is 1.29 bits per heavy atom. The number of carbonyl (C=O) groups is 1. The molecule has 17 heavy (non-hydrogen) atoms. The maximum Gasteiger partial charge on any atom is 0.217 e. The molecule has 1 atom stereocenters. The van der Waals surface area contributed by atoms with Crippen LogP contribution in [-0.4, -0.2) is 17.6 Å². The van der Waals surface area contributed by atoms with Gasteiger partial charge in [0.15, 0.2) is 0 Å². The monoisotopic (exact) mass is 235 g/mol. The highest BCUT2D eigenvalue weighted by atomic mass is 16.3. The van der Waals surface area contributed by atoms with E-state index in [9.17, 15) is 9.90 Å². The van der Waals surface area contributed by atoms with Crippen molar-refractivity contribution >= 4 is 5.91 Å². The standard InChI is InChI=1S/C14H21NO2/c1-10(17)15-13(9-16)11-5-7-12(8-6-11)14(2,3)4/h5-8,13,16H,9H2,1-4H3,(H,15,17). The molecule has 0 bridgehead atoms. The van der Waals surface area contributed by atoms with E-state index >= 15 is 0 Å². The van der Waals surface area contributed by atoms with Crippen LogP contribution in [0.5, 0.6) is 0 Å². The van der Waals surface area contributed by atoms with Crippen molar-refractivity contribution in [3.8, 4) is 0 Å². The largest absolute Gasteiger partial charge is 0.394 e. The molecule has 0 aliphatic rings. The highest BCUT2D eigenvalue weighted by Gasteiger charge is 2.15. The molecule has 0 saturated carbocycles. The number of aliphatic hydroxyl groups is 1. The van der Waals surface area contributed by atoms with Gasteiger partial charge in [-0.05, 0) is 16.5 Å². The molecule has 1 amide bonds. The minimum atomic E-state index is -0.318. The number of rotatable bonds is 3. The number of aliphatic hydroxyl groups excluding tert-OH is 1. The Hall–Kier alpha value is -1.35. The van der Waals surface area contributed by atoms with Crippen molar-refractivity contribution in [1.29, 1.82) is 0 Å². The number of amides is 1. The molecule has 0 aliphatic heterocycles. The molecule has 3 nitrogen and oxygen atoms in total. The van der Waals surface area contributed by atoms with E-state index < -0.39 is 0 Å². The fraction of sp³-hybridized carbons (Fsp3) is 0.500. The molecule has 0 spiro atoms. The number of hydrogen-bond acceptors (Lipinski definition) is 2. The molecular weight excluding hydrogens is 214 g/mol. The second kappa shape index (κ2) is 5.32. The van der Waals surface area contributed by atoms with E-state index in [0.717, 1.165) is 5.56 Å². The van der Waals surface area contributed by atoms with Gasteiger partial charge in [-0.1, -0.05) is 45.0 Å². The summed E-state index contributed by atoms with van der Waals surface area (Å²) in [7, 11) is 0. The van der Waals surface area contributed by atoms with Crippen molar-refractivity contribution in [2.45, 2.75) is 39.2 Å². The van der Waals surface area contributed by atoms with Crippen LogP contribution in [0, 0.1) is 0 Å². The Morgan fingerprint density at radius 3 is 2.18 bits per heavy atom. The van der Waals surface area contributed by atoms with E-state index in [-0.39, 0.29) is 24.0 Å². The van der Waals surface area contributed by atoms with E-state index in [1.54, 1.807) is 0 Å². The minimum absolute atomic E-state index is 0.0888. The Kier molecular flexibility index (Phi) is 4.29. The molecule has 0 aliphatic carbocycles. The summed E-state index contributed by atoms with van der Waals surface area (Å²) >= 11 is 0. The van der Waals surface area contributed by atoms with E-state index in [1.165, 1.54) is 12.5 Å². The zero-order valence-corrected chi connectivity index (χ0v) is 10.9. The first-order chi connectivity index (χ1) is 7.84. The third kappa shape index (κ3) is 3.86. The highest BCUT2D eigenvalue weighted by molar-refractivity contribution is 5.73. The molecule has 94 valence electrons.